The van der Waals surface area contributed by atoms with E-state index in [9.17, 15) is 14.3 Å². The van der Waals surface area contributed by atoms with Gasteiger partial charge in [-0.25, -0.2) is 4.39 Å². The second kappa shape index (κ2) is 6.11. The minimum Gasteiger partial charge on any atom is -0.393 e. The lowest BCUT2D eigenvalue weighted by molar-refractivity contribution is 0.145. The number of hydrogen-bond acceptors (Lipinski definition) is 4. The number of aromatic nitrogens is 1. The van der Waals surface area contributed by atoms with Crippen molar-refractivity contribution in [1.29, 1.82) is 0 Å². The average Bonchev–Trinajstić information content (AvgIpc) is 3.41. The van der Waals surface area contributed by atoms with Crippen LogP contribution in [-0.4, -0.2) is 28.9 Å². The van der Waals surface area contributed by atoms with Crippen molar-refractivity contribution in [2.45, 2.75) is 51.3 Å². The molecule has 2 aliphatic rings. The van der Waals surface area contributed by atoms with Gasteiger partial charge in [0, 0.05) is 37.1 Å². The van der Waals surface area contributed by atoms with E-state index >= 15 is 0 Å². The number of fused-ring (bicyclic) bond motifs is 1. The van der Waals surface area contributed by atoms with Gasteiger partial charge in [-0.05, 0) is 49.8 Å². The van der Waals surface area contributed by atoms with Gasteiger partial charge in [0.15, 0.2) is 0 Å². The van der Waals surface area contributed by atoms with Crippen LogP contribution in [0, 0.1) is 12.7 Å². The SMILES string of the molecule is Cc1c(N2CCC(O)CC2)c(F)cc2c(CN)cc(=O)n(C3CC3)c12. The van der Waals surface area contributed by atoms with Crippen molar-refractivity contribution in [2.75, 3.05) is 18.0 Å². The summed E-state index contributed by atoms with van der Waals surface area (Å²) >= 11 is 0. The first kappa shape index (κ1) is 16.5. The van der Waals surface area contributed by atoms with E-state index in [1.54, 1.807) is 6.07 Å². The molecular formula is C19H24FN3O2. The Labute approximate surface area is 145 Å². The van der Waals surface area contributed by atoms with Crippen LogP contribution in [-0.2, 0) is 6.54 Å². The van der Waals surface area contributed by atoms with E-state index in [0.717, 1.165) is 29.3 Å². The van der Waals surface area contributed by atoms with E-state index in [1.165, 1.54) is 6.07 Å². The van der Waals surface area contributed by atoms with Gasteiger partial charge in [0.05, 0.1) is 17.3 Å². The third-order valence-corrected chi connectivity index (χ3v) is 5.50. The predicted octanol–water partition coefficient (Wildman–Crippen LogP) is 2.20. The molecule has 1 saturated heterocycles. The quantitative estimate of drug-likeness (QED) is 0.895. The van der Waals surface area contributed by atoms with Crippen LogP contribution in [0.1, 0.15) is 42.9 Å². The number of hydrogen-bond donors (Lipinski definition) is 2. The van der Waals surface area contributed by atoms with Crippen LogP contribution in [0.3, 0.4) is 0 Å². The molecule has 25 heavy (non-hydrogen) atoms. The maximum Gasteiger partial charge on any atom is 0.251 e. The molecule has 0 radical (unpaired) electrons. The Morgan fingerprint density at radius 2 is 1.92 bits per heavy atom. The average molecular weight is 345 g/mol. The van der Waals surface area contributed by atoms with E-state index in [4.69, 9.17) is 5.73 Å². The van der Waals surface area contributed by atoms with E-state index in [1.807, 2.05) is 16.4 Å². The summed E-state index contributed by atoms with van der Waals surface area (Å²) in [6.07, 6.45) is 2.93. The van der Waals surface area contributed by atoms with Gasteiger partial charge in [-0.2, -0.15) is 0 Å². The van der Waals surface area contributed by atoms with Crippen LogP contribution < -0.4 is 16.2 Å². The monoisotopic (exact) mass is 345 g/mol. The smallest absolute Gasteiger partial charge is 0.251 e. The fourth-order valence-electron chi connectivity index (χ4n) is 4.06. The molecule has 2 heterocycles. The second-order valence-electron chi connectivity index (χ2n) is 7.26. The minimum atomic E-state index is -0.312. The van der Waals surface area contributed by atoms with Crippen LogP contribution in [0.4, 0.5) is 10.1 Å². The molecule has 0 unspecified atom stereocenters. The Morgan fingerprint density at radius 3 is 2.52 bits per heavy atom. The van der Waals surface area contributed by atoms with Gasteiger partial charge in [0.2, 0.25) is 0 Å². The highest BCUT2D eigenvalue weighted by molar-refractivity contribution is 5.90. The molecule has 1 aromatic carbocycles. The number of benzene rings is 1. The van der Waals surface area contributed by atoms with Crippen molar-refractivity contribution in [3.63, 3.8) is 0 Å². The van der Waals surface area contributed by atoms with E-state index in [0.29, 0.717) is 37.2 Å². The number of nitrogens with zero attached hydrogens (tertiary/aromatic N) is 2. The predicted molar refractivity (Wildman–Crippen MR) is 96.5 cm³/mol. The second-order valence-corrected chi connectivity index (χ2v) is 7.26. The number of pyridine rings is 1. The maximum atomic E-state index is 15.0. The Bertz CT molecular complexity index is 881. The van der Waals surface area contributed by atoms with Crippen molar-refractivity contribution in [2.24, 2.45) is 5.73 Å². The number of aryl methyl sites for hydroxylation is 1. The summed E-state index contributed by atoms with van der Waals surface area (Å²) < 4.78 is 16.8. The molecule has 0 bridgehead atoms. The Balaban J connectivity index is 1.96. The van der Waals surface area contributed by atoms with Crippen molar-refractivity contribution in [1.82, 2.24) is 4.57 Å². The van der Waals surface area contributed by atoms with Crippen LogP contribution >= 0.6 is 0 Å². The summed E-state index contributed by atoms with van der Waals surface area (Å²) in [5.74, 6) is -0.280. The molecule has 0 spiro atoms. The van der Waals surface area contributed by atoms with Crippen molar-refractivity contribution >= 4 is 16.6 Å². The zero-order valence-corrected chi connectivity index (χ0v) is 14.5. The third-order valence-electron chi connectivity index (χ3n) is 5.50. The minimum absolute atomic E-state index is 0.0508. The number of anilines is 1. The summed E-state index contributed by atoms with van der Waals surface area (Å²) in [5.41, 5.74) is 8.63. The summed E-state index contributed by atoms with van der Waals surface area (Å²) in [7, 11) is 0. The fourth-order valence-corrected chi connectivity index (χ4v) is 4.06. The van der Waals surface area contributed by atoms with E-state index in [-0.39, 0.29) is 30.1 Å². The molecule has 5 nitrogen and oxygen atoms in total. The maximum absolute atomic E-state index is 15.0. The van der Waals surface area contributed by atoms with Crippen LogP contribution in [0.2, 0.25) is 0 Å². The molecule has 0 amide bonds. The summed E-state index contributed by atoms with van der Waals surface area (Å²) in [4.78, 5) is 14.6. The van der Waals surface area contributed by atoms with Crippen LogP contribution in [0.5, 0.6) is 0 Å². The summed E-state index contributed by atoms with van der Waals surface area (Å²) in [6.45, 7) is 3.35. The molecule has 2 fully saturated rings. The van der Waals surface area contributed by atoms with Gasteiger partial charge in [0.25, 0.3) is 5.56 Å². The van der Waals surface area contributed by atoms with Gasteiger partial charge < -0.3 is 20.3 Å². The number of aliphatic hydroxyl groups is 1. The van der Waals surface area contributed by atoms with Gasteiger partial charge >= 0.3 is 0 Å². The first-order valence-corrected chi connectivity index (χ1v) is 9.01. The van der Waals surface area contributed by atoms with Gasteiger partial charge in [-0.1, -0.05) is 0 Å². The largest absolute Gasteiger partial charge is 0.393 e. The molecule has 3 N–H and O–H groups in total. The number of aliphatic hydroxyl groups excluding tert-OH is 1. The summed E-state index contributed by atoms with van der Waals surface area (Å²) in [6, 6.07) is 3.29. The lowest BCUT2D eigenvalue weighted by Crippen LogP contribution is -2.37. The van der Waals surface area contributed by atoms with E-state index < -0.39 is 0 Å². The van der Waals surface area contributed by atoms with Crippen LogP contribution in [0.25, 0.3) is 10.9 Å². The fraction of sp³-hybridized carbons (Fsp3) is 0.526. The molecule has 1 aliphatic heterocycles. The molecule has 4 rings (SSSR count). The van der Waals surface area contributed by atoms with Gasteiger partial charge in [-0.15, -0.1) is 0 Å². The first-order chi connectivity index (χ1) is 12.0. The molecule has 1 saturated carbocycles. The Morgan fingerprint density at radius 1 is 1.24 bits per heavy atom. The zero-order chi connectivity index (χ0) is 17.7. The van der Waals surface area contributed by atoms with Crippen molar-refractivity contribution in [3.05, 3.63) is 39.4 Å². The highest BCUT2D eigenvalue weighted by atomic mass is 19.1. The molecule has 1 aliphatic carbocycles. The summed E-state index contributed by atoms with van der Waals surface area (Å²) in [5, 5.41) is 10.5. The van der Waals surface area contributed by atoms with Crippen LogP contribution in [0.15, 0.2) is 16.9 Å². The number of halogens is 1. The number of nitrogens with two attached hydrogens (primary N) is 1. The Kier molecular flexibility index (Phi) is 4.04. The number of rotatable bonds is 3. The number of piperidine rings is 1. The highest BCUT2D eigenvalue weighted by Gasteiger charge is 2.30. The highest BCUT2D eigenvalue weighted by Crippen LogP contribution is 2.40. The lowest BCUT2D eigenvalue weighted by atomic mass is 10.00. The van der Waals surface area contributed by atoms with Crippen molar-refractivity contribution < 1.29 is 9.50 Å². The van der Waals surface area contributed by atoms with Gasteiger partial charge in [0.1, 0.15) is 5.82 Å². The third kappa shape index (κ3) is 2.73. The molecule has 1 aromatic heterocycles. The standard InChI is InChI=1S/C19H24FN3O2/c1-11-18-15(12(10-21)8-17(25)23(18)13-2-3-13)9-16(20)19(11)22-6-4-14(24)5-7-22/h8-9,13-14,24H,2-7,10,21H2,1H3. The Hall–Kier alpha value is -1.92. The van der Waals surface area contributed by atoms with Crippen molar-refractivity contribution in [3.8, 4) is 0 Å². The first-order valence-electron chi connectivity index (χ1n) is 9.01. The molecule has 0 atom stereocenters. The molecular weight excluding hydrogens is 321 g/mol. The topological polar surface area (TPSA) is 71.5 Å². The molecule has 134 valence electrons. The normalized spacial score (nSPS) is 19.0. The molecule has 2 aromatic rings. The zero-order valence-electron chi connectivity index (χ0n) is 14.5. The molecule has 6 heteroatoms. The van der Waals surface area contributed by atoms with Gasteiger partial charge in [-0.3, -0.25) is 4.79 Å². The lowest BCUT2D eigenvalue weighted by Gasteiger charge is -2.33. The van der Waals surface area contributed by atoms with E-state index in [2.05, 4.69) is 0 Å².